The van der Waals surface area contributed by atoms with Gasteiger partial charge < -0.3 is 10.6 Å². The van der Waals surface area contributed by atoms with E-state index in [4.69, 9.17) is 5.73 Å². The van der Waals surface area contributed by atoms with E-state index >= 15 is 0 Å². The van der Waals surface area contributed by atoms with Gasteiger partial charge in [0.2, 0.25) is 17.7 Å². The number of hydrogen-bond donors (Lipinski definition) is 2. The zero-order valence-electron chi connectivity index (χ0n) is 10.5. The maximum absolute atomic E-state index is 12.1. The second-order valence-electron chi connectivity index (χ2n) is 4.33. The molecule has 19 heavy (non-hydrogen) atoms. The van der Waals surface area contributed by atoms with Crippen LogP contribution in [0.5, 0.6) is 0 Å². The van der Waals surface area contributed by atoms with Crippen molar-refractivity contribution in [3.8, 4) is 0 Å². The number of rotatable bonds is 3. The van der Waals surface area contributed by atoms with Crippen LogP contribution in [-0.2, 0) is 20.9 Å². The van der Waals surface area contributed by atoms with Crippen molar-refractivity contribution in [3.05, 3.63) is 12.4 Å². The molecule has 2 heterocycles. The van der Waals surface area contributed by atoms with Gasteiger partial charge in [-0.25, -0.2) is 0 Å². The van der Waals surface area contributed by atoms with Crippen molar-refractivity contribution in [2.45, 2.75) is 25.9 Å². The topological polar surface area (TPSA) is 110 Å². The molecule has 1 atom stereocenters. The van der Waals surface area contributed by atoms with Gasteiger partial charge in [0.15, 0.2) is 0 Å². The number of carbonyl (C=O) groups is 3. The van der Waals surface area contributed by atoms with Gasteiger partial charge in [0.1, 0.15) is 19.1 Å². The molecule has 1 unspecified atom stereocenters. The number of aromatic nitrogens is 2. The molecule has 0 aromatic carbocycles. The third kappa shape index (κ3) is 2.72. The monoisotopic (exact) mass is 265 g/mol. The van der Waals surface area contributed by atoms with Gasteiger partial charge >= 0.3 is 0 Å². The largest absolute Gasteiger partial charge is 0.396 e. The molecule has 0 spiro atoms. The lowest BCUT2D eigenvalue weighted by Gasteiger charge is -2.33. The van der Waals surface area contributed by atoms with E-state index in [9.17, 15) is 14.4 Å². The third-order valence-corrected chi connectivity index (χ3v) is 2.91. The van der Waals surface area contributed by atoms with Gasteiger partial charge in [0.05, 0.1) is 11.9 Å². The van der Waals surface area contributed by atoms with Crippen molar-refractivity contribution in [2.24, 2.45) is 0 Å². The standard InChI is InChI=1S/C11H15N5O3/c1-2-8-11(19)14-9(17)5-16(8)10(18)6-15-4-7(12)3-13-15/h3-4,8H,2,5-6,12H2,1H3,(H,14,17,19). The first-order valence-corrected chi connectivity index (χ1v) is 5.92. The van der Waals surface area contributed by atoms with Crippen LogP contribution in [0.25, 0.3) is 0 Å². The summed E-state index contributed by atoms with van der Waals surface area (Å²) in [6, 6.07) is -0.613. The Morgan fingerprint density at radius 3 is 2.89 bits per heavy atom. The highest BCUT2D eigenvalue weighted by Crippen LogP contribution is 2.10. The van der Waals surface area contributed by atoms with Crippen molar-refractivity contribution < 1.29 is 14.4 Å². The molecule has 0 aliphatic carbocycles. The number of amides is 3. The molecule has 1 saturated heterocycles. The molecule has 8 nitrogen and oxygen atoms in total. The number of hydrogen-bond acceptors (Lipinski definition) is 5. The molecule has 102 valence electrons. The van der Waals surface area contributed by atoms with Crippen molar-refractivity contribution in [1.82, 2.24) is 20.0 Å². The summed E-state index contributed by atoms with van der Waals surface area (Å²) in [5.41, 5.74) is 5.96. The minimum Gasteiger partial charge on any atom is -0.396 e. The van der Waals surface area contributed by atoms with Gasteiger partial charge in [-0.05, 0) is 6.42 Å². The van der Waals surface area contributed by atoms with Crippen molar-refractivity contribution in [1.29, 1.82) is 0 Å². The van der Waals surface area contributed by atoms with Crippen LogP contribution in [0.3, 0.4) is 0 Å². The molecule has 1 aromatic heterocycles. The van der Waals surface area contributed by atoms with Crippen LogP contribution in [0, 0.1) is 0 Å². The summed E-state index contributed by atoms with van der Waals surface area (Å²) in [5, 5.41) is 6.12. The van der Waals surface area contributed by atoms with Gasteiger partial charge in [-0.3, -0.25) is 24.4 Å². The zero-order valence-corrected chi connectivity index (χ0v) is 10.5. The van der Waals surface area contributed by atoms with E-state index in [2.05, 4.69) is 10.4 Å². The van der Waals surface area contributed by atoms with Crippen LogP contribution in [0.1, 0.15) is 13.3 Å². The Labute approximate surface area is 109 Å². The predicted octanol–water partition coefficient (Wildman–Crippen LogP) is -1.27. The number of imide groups is 1. The fraction of sp³-hybridized carbons (Fsp3) is 0.455. The predicted molar refractivity (Wildman–Crippen MR) is 65.6 cm³/mol. The minimum absolute atomic E-state index is 0.0474. The van der Waals surface area contributed by atoms with Crippen LogP contribution in [0.15, 0.2) is 12.4 Å². The average Bonchev–Trinajstić information content (AvgIpc) is 2.73. The van der Waals surface area contributed by atoms with Gasteiger partial charge in [0, 0.05) is 6.20 Å². The summed E-state index contributed by atoms with van der Waals surface area (Å²) in [6.07, 6.45) is 3.40. The SMILES string of the molecule is CCC1C(=O)NC(=O)CN1C(=O)Cn1cc(N)cn1. The maximum Gasteiger partial charge on any atom is 0.249 e. The summed E-state index contributed by atoms with van der Waals surface area (Å²) >= 11 is 0. The van der Waals surface area contributed by atoms with E-state index in [1.165, 1.54) is 22.0 Å². The highest BCUT2D eigenvalue weighted by molar-refractivity contribution is 6.04. The molecule has 1 aliphatic heterocycles. The lowest BCUT2D eigenvalue weighted by Crippen LogP contribution is -2.60. The van der Waals surface area contributed by atoms with Crippen LogP contribution in [0.2, 0.25) is 0 Å². The van der Waals surface area contributed by atoms with Crippen LogP contribution < -0.4 is 11.1 Å². The molecule has 2 rings (SSSR count). The molecule has 0 bridgehead atoms. The first-order valence-electron chi connectivity index (χ1n) is 5.92. The Morgan fingerprint density at radius 1 is 1.58 bits per heavy atom. The van der Waals surface area contributed by atoms with Crippen LogP contribution >= 0.6 is 0 Å². The Morgan fingerprint density at radius 2 is 2.32 bits per heavy atom. The van der Waals surface area contributed by atoms with E-state index in [0.29, 0.717) is 12.1 Å². The zero-order chi connectivity index (χ0) is 14.0. The van der Waals surface area contributed by atoms with E-state index in [1.807, 2.05) is 0 Å². The van der Waals surface area contributed by atoms with E-state index in [-0.39, 0.29) is 19.0 Å². The number of nitrogens with one attached hydrogen (secondary N) is 1. The van der Waals surface area contributed by atoms with E-state index in [1.54, 1.807) is 6.92 Å². The van der Waals surface area contributed by atoms with Crippen molar-refractivity contribution in [3.63, 3.8) is 0 Å². The minimum atomic E-state index is -0.613. The van der Waals surface area contributed by atoms with Gasteiger partial charge in [-0.1, -0.05) is 6.92 Å². The number of nitrogens with zero attached hydrogens (tertiary/aromatic N) is 3. The highest BCUT2D eigenvalue weighted by atomic mass is 16.2. The van der Waals surface area contributed by atoms with Gasteiger partial charge in [0.25, 0.3) is 0 Å². The number of carbonyl (C=O) groups excluding carboxylic acids is 3. The second-order valence-corrected chi connectivity index (χ2v) is 4.33. The van der Waals surface area contributed by atoms with Gasteiger partial charge in [-0.2, -0.15) is 5.10 Å². The molecule has 1 fully saturated rings. The summed E-state index contributed by atoms with van der Waals surface area (Å²) < 4.78 is 1.38. The molecule has 1 aromatic rings. The molecule has 0 radical (unpaired) electrons. The molecular weight excluding hydrogens is 250 g/mol. The average molecular weight is 265 g/mol. The second kappa shape index (κ2) is 5.09. The fourth-order valence-electron chi connectivity index (χ4n) is 2.03. The smallest absolute Gasteiger partial charge is 0.249 e. The molecule has 0 saturated carbocycles. The first-order chi connectivity index (χ1) is 9.01. The number of nitrogen functional groups attached to an aromatic ring is 1. The van der Waals surface area contributed by atoms with Crippen molar-refractivity contribution in [2.75, 3.05) is 12.3 Å². The Balaban J connectivity index is 2.11. The van der Waals surface area contributed by atoms with E-state index < -0.39 is 17.9 Å². The molecule has 1 aliphatic rings. The van der Waals surface area contributed by atoms with Crippen LogP contribution in [0.4, 0.5) is 5.69 Å². The maximum atomic E-state index is 12.1. The van der Waals surface area contributed by atoms with Crippen LogP contribution in [-0.4, -0.2) is 45.0 Å². The molecule has 8 heteroatoms. The number of anilines is 1. The molecule has 3 N–H and O–H groups in total. The lowest BCUT2D eigenvalue weighted by atomic mass is 10.1. The van der Waals surface area contributed by atoms with Crippen molar-refractivity contribution >= 4 is 23.4 Å². The lowest BCUT2D eigenvalue weighted by molar-refractivity contribution is -0.150. The summed E-state index contributed by atoms with van der Waals surface area (Å²) in [7, 11) is 0. The fourth-order valence-corrected chi connectivity index (χ4v) is 2.03. The summed E-state index contributed by atoms with van der Waals surface area (Å²) in [6.45, 7) is 1.63. The number of piperazine rings is 1. The normalized spacial score (nSPS) is 19.4. The Kier molecular flexibility index (Phi) is 3.50. The molecule has 3 amide bonds. The quantitative estimate of drug-likeness (QED) is 0.662. The van der Waals surface area contributed by atoms with E-state index in [0.717, 1.165) is 0 Å². The Hall–Kier alpha value is -2.38. The highest BCUT2D eigenvalue weighted by Gasteiger charge is 2.35. The molecular formula is C11H15N5O3. The number of nitrogens with two attached hydrogens (primary N) is 1. The first kappa shape index (κ1) is 13.1. The third-order valence-electron chi connectivity index (χ3n) is 2.91. The Bertz CT molecular complexity index is 524. The summed E-state index contributed by atoms with van der Waals surface area (Å²) in [4.78, 5) is 36.4. The summed E-state index contributed by atoms with van der Waals surface area (Å²) in [5.74, 6) is -1.24. The van der Waals surface area contributed by atoms with Gasteiger partial charge in [-0.15, -0.1) is 0 Å².